The van der Waals surface area contributed by atoms with Crippen LogP contribution in [0.25, 0.3) is 10.6 Å². The van der Waals surface area contributed by atoms with Gasteiger partial charge in [0, 0.05) is 22.9 Å². The van der Waals surface area contributed by atoms with E-state index in [0.29, 0.717) is 20.7 Å². The first-order valence-electron chi connectivity index (χ1n) is 6.50. The van der Waals surface area contributed by atoms with Gasteiger partial charge in [-0.3, -0.25) is 10.1 Å². The fraction of sp³-hybridized carbons (Fsp3) is 0. The van der Waals surface area contributed by atoms with Crippen molar-refractivity contribution in [2.75, 3.05) is 0 Å². The molecule has 0 spiro atoms. The lowest BCUT2D eigenvalue weighted by Crippen LogP contribution is -1.93. The summed E-state index contributed by atoms with van der Waals surface area (Å²) in [6.07, 6.45) is 1.42. The van der Waals surface area contributed by atoms with Crippen molar-refractivity contribution in [2.24, 2.45) is 4.99 Å². The average Bonchev–Trinajstić information content (AvgIpc) is 3.03. The Morgan fingerprint density at radius 2 is 1.87 bits per heavy atom. The summed E-state index contributed by atoms with van der Waals surface area (Å²) in [4.78, 5) is 14.7. The number of nitrogens with zero attached hydrogens (tertiary/aromatic N) is 4. The van der Waals surface area contributed by atoms with E-state index in [1.807, 2.05) is 12.1 Å². The lowest BCUT2D eigenvalue weighted by Gasteiger charge is -1.95. The van der Waals surface area contributed by atoms with Gasteiger partial charge in [-0.25, -0.2) is 4.99 Å². The molecule has 3 aromatic rings. The number of benzene rings is 2. The van der Waals surface area contributed by atoms with Crippen LogP contribution in [0.2, 0.25) is 5.02 Å². The van der Waals surface area contributed by atoms with Crippen LogP contribution in [0.15, 0.2) is 53.5 Å². The molecule has 0 amide bonds. The lowest BCUT2D eigenvalue weighted by molar-refractivity contribution is -0.385. The van der Waals surface area contributed by atoms with Crippen molar-refractivity contribution < 1.29 is 4.92 Å². The van der Waals surface area contributed by atoms with Crippen molar-refractivity contribution in [3.05, 3.63) is 69.2 Å². The number of halogens is 1. The molecular weight excluding hydrogens is 336 g/mol. The van der Waals surface area contributed by atoms with Crippen LogP contribution in [-0.2, 0) is 0 Å². The third-order valence-electron chi connectivity index (χ3n) is 2.95. The highest BCUT2D eigenvalue weighted by Gasteiger charge is 2.11. The Bertz CT molecular complexity index is 877. The quantitative estimate of drug-likeness (QED) is 0.396. The van der Waals surface area contributed by atoms with Crippen molar-refractivity contribution in [3.63, 3.8) is 0 Å². The molecule has 6 nitrogen and oxygen atoms in total. The normalized spacial score (nSPS) is 11.0. The van der Waals surface area contributed by atoms with Gasteiger partial charge in [-0.05, 0) is 18.2 Å². The zero-order valence-corrected chi connectivity index (χ0v) is 13.2. The van der Waals surface area contributed by atoms with Crippen LogP contribution in [-0.4, -0.2) is 21.3 Å². The van der Waals surface area contributed by atoms with E-state index in [-0.39, 0.29) is 5.69 Å². The van der Waals surface area contributed by atoms with E-state index >= 15 is 0 Å². The number of para-hydroxylation sites is 1. The molecule has 0 saturated heterocycles. The van der Waals surface area contributed by atoms with Gasteiger partial charge in [-0.15, -0.1) is 10.2 Å². The molecule has 0 N–H and O–H groups in total. The van der Waals surface area contributed by atoms with E-state index in [0.717, 1.165) is 5.56 Å². The number of hydrogen-bond donors (Lipinski definition) is 0. The second kappa shape index (κ2) is 6.64. The van der Waals surface area contributed by atoms with Crippen LogP contribution in [0.3, 0.4) is 0 Å². The molecule has 0 aliphatic rings. The van der Waals surface area contributed by atoms with Crippen LogP contribution < -0.4 is 0 Å². The predicted molar refractivity (Wildman–Crippen MR) is 90.7 cm³/mol. The van der Waals surface area contributed by atoms with E-state index in [4.69, 9.17) is 11.6 Å². The van der Waals surface area contributed by atoms with Crippen molar-refractivity contribution in [1.82, 2.24) is 10.2 Å². The van der Waals surface area contributed by atoms with Gasteiger partial charge in [0.25, 0.3) is 5.69 Å². The van der Waals surface area contributed by atoms with Crippen molar-refractivity contribution in [1.29, 1.82) is 0 Å². The molecule has 0 saturated carbocycles. The molecule has 0 aliphatic carbocycles. The maximum Gasteiger partial charge on any atom is 0.278 e. The van der Waals surface area contributed by atoms with Crippen LogP contribution >= 0.6 is 22.9 Å². The Balaban J connectivity index is 1.84. The predicted octanol–water partition coefficient (Wildman–Crippen LogP) is 4.52. The summed E-state index contributed by atoms with van der Waals surface area (Å²) in [5, 5.41) is 20.8. The molecule has 8 heteroatoms. The minimum absolute atomic E-state index is 0.00121. The fourth-order valence-electron chi connectivity index (χ4n) is 1.86. The van der Waals surface area contributed by atoms with Gasteiger partial charge < -0.3 is 0 Å². The Morgan fingerprint density at radius 1 is 1.13 bits per heavy atom. The molecule has 23 heavy (non-hydrogen) atoms. The van der Waals surface area contributed by atoms with Gasteiger partial charge in [0.05, 0.1) is 10.5 Å². The molecule has 114 valence electrons. The maximum atomic E-state index is 11.0. The summed E-state index contributed by atoms with van der Waals surface area (Å²) >= 11 is 7.14. The minimum atomic E-state index is -0.444. The van der Waals surface area contributed by atoms with Crippen LogP contribution in [0.5, 0.6) is 0 Å². The number of aliphatic imine (C=N–C) groups is 1. The minimum Gasteiger partial charge on any atom is -0.258 e. The Kier molecular flexibility index (Phi) is 4.40. The molecular formula is C15H9ClN4O2S. The second-order valence-electron chi connectivity index (χ2n) is 4.47. The highest BCUT2D eigenvalue weighted by Crippen LogP contribution is 2.29. The van der Waals surface area contributed by atoms with E-state index in [1.165, 1.54) is 23.6 Å². The van der Waals surface area contributed by atoms with Crippen molar-refractivity contribution >= 4 is 40.0 Å². The number of nitro groups is 1. The molecule has 3 rings (SSSR count). The van der Waals surface area contributed by atoms with Crippen molar-refractivity contribution in [3.8, 4) is 10.6 Å². The highest BCUT2D eigenvalue weighted by atomic mass is 35.5. The molecule has 1 aromatic heterocycles. The molecule has 1 heterocycles. The van der Waals surface area contributed by atoms with E-state index in [1.54, 1.807) is 30.3 Å². The topological polar surface area (TPSA) is 81.3 Å². The zero-order chi connectivity index (χ0) is 16.2. The first kappa shape index (κ1) is 15.3. The van der Waals surface area contributed by atoms with Crippen LogP contribution in [0.1, 0.15) is 5.56 Å². The molecule has 2 aromatic carbocycles. The molecule has 0 atom stereocenters. The molecule has 0 unspecified atom stereocenters. The second-order valence-corrected chi connectivity index (χ2v) is 5.86. The number of rotatable bonds is 4. The Labute approximate surface area is 140 Å². The van der Waals surface area contributed by atoms with Crippen LogP contribution in [0, 0.1) is 10.1 Å². The third-order valence-corrected chi connectivity index (χ3v) is 4.09. The largest absolute Gasteiger partial charge is 0.278 e. The zero-order valence-electron chi connectivity index (χ0n) is 11.6. The van der Waals surface area contributed by atoms with Gasteiger partial charge in [-0.1, -0.05) is 47.2 Å². The summed E-state index contributed by atoms with van der Waals surface area (Å²) in [7, 11) is 0. The summed E-state index contributed by atoms with van der Waals surface area (Å²) in [6.45, 7) is 0. The summed E-state index contributed by atoms with van der Waals surface area (Å²) < 4.78 is 0. The summed E-state index contributed by atoms with van der Waals surface area (Å²) in [5.74, 6) is 0. The van der Waals surface area contributed by atoms with Gasteiger partial charge in [0.1, 0.15) is 5.01 Å². The fourth-order valence-corrected chi connectivity index (χ4v) is 2.69. The van der Waals surface area contributed by atoms with Crippen LogP contribution in [0.4, 0.5) is 10.8 Å². The summed E-state index contributed by atoms with van der Waals surface area (Å²) in [5.41, 5.74) is 1.30. The average molecular weight is 345 g/mol. The van der Waals surface area contributed by atoms with E-state index < -0.39 is 4.92 Å². The highest BCUT2D eigenvalue weighted by molar-refractivity contribution is 7.18. The number of hydrogen-bond acceptors (Lipinski definition) is 6. The SMILES string of the molecule is O=[N+]([O-])c1ccccc1C=Nc1nnc(-c2ccc(Cl)cc2)s1. The smallest absolute Gasteiger partial charge is 0.258 e. The van der Waals surface area contributed by atoms with E-state index in [2.05, 4.69) is 15.2 Å². The Hall–Kier alpha value is -2.64. The van der Waals surface area contributed by atoms with Crippen molar-refractivity contribution in [2.45, 2.75) is 0 Å². The maximum absolute atomic E-state index is 11.0. The monoisotopic (exact) mass is 344 g/mol. The van der Waals surface area contributed by atoms with Gasteiger partial charge in [0.15, 0.2) is 0 Å². The molecule has 0 aliphatic heterocycles. The molecule has 0 bridgehead atoms. The first-order chi connectivity index (χ1) is 11.1. The third kappa shape index (κ3) is 3.58. The van der Waals surface area contributed by atoms with Gasteiger partial charge in [-0.2, -0.15) is 0 Å². The van der Waals surface area contributed by atoms with Gasteiger partial charge >= 0.3 is 0 Å². The lowest BCUT2D eigenvalue weighted by atomic mass is 10.2. The number of aromatic nitrogens is 2. The standard InChI is InChI=1S/C15H9ClN4O2S/c16-12-7-5-10(6-8-12)14-18-19-15(23-14)17-9-11-3-1-2-4-13(11)20(21)22/h1-9H. The first-order valence-corrected chi connectivity index (χ1v) is 7.70. The summed E-state index contributed by atoms with van der Waals surface area (Å²) in [6, 6.07) is 13.6. The Morgan fingerprint density at radius 3 is 2.61 bits per heavy atom. The molecule has 0 fully saturated rings. The molecule has 0 radical (unpaired) electrons. The van der Waals surface area contributed by atoms with Gasteiger partial charge in [0.2, 0.25) is 5.13 Å². The van der Waals surface area contributed by atoms with E-state index in [9.17, 15) is 10.1 Å². The number of nitro benzene ring substituents is 1.